The van der Waals surface area contributed by atoms with Gasteiger partial charge >= 0.3 is 0 Å². The van der Waals surface area contributed by atoms with Crippen molar-refractivity contribution in [2.24, 2.45) is 0 Å². The zero-order valence-corrected chi connectivity index (χ0v) is 9.77. The first-order chi connectivity index (χ1) is 8.20. The third-order valence-corrected chi connectivity index (χ3v) is 2.64. The highest BCUT2D eigenvalue weighted by molar-refractivity contribution is 6.01. The fourth-order valence-electron chi connectivity index (χ4n) is 1.81. The molecule has 5 nitrogen and oxygen atoms in total. The number of hydrogen-bond acceptors (Lipinski definition) is 4. The molecule has 1 aromatic rings. The fourth-order valence-corrected chi connectivity index (χ4v) is 1.81. The van der Waals surface area contributed by atoms with E-state index in [1.165, 1.54) is 4.90 Å². The number of hydrogen-bond donors (Lipinski definition) is 1. The summed E-state index contributed by atoms with van der Waals surface area (Å²) >= 11 is 0. The number of carbonyl (C=O) groups is 2. The number of amides is 2. The number of anilines is 1. The van der Waals surface area contributed by atoms with E-state index in [-0.39, 0.29) is 18.4 Å². The first-order valence-corrected chi connectivity index (χ1v) is 5.73. The smallest absolute Gasteiger partial charge is 0.230 e. The number of rotatable bonds is 4. The maximum atomic E-state index is 11.5. The lowest BCUT2D eigenvalue weighted by Crippen LogP contribution is -2.28. The summed E-state index contributed by atoms with van der Waals surface area (Å²) in [6.07, 6.45) is 0.650. The normalized spacial score (nSPS) is 15.5. The van der Waals surface area contributed by atoms with Crippen LogP contribution in [-0.4, -0.2) is 28.2 Å². The number of likely N-dealkylation sites (tertiary alicyclic amines) is 1. The molecule has 2 amide bonds. The van der Waals surface area contributed by atoms with Crippen molar-refractivity contribution >= 4 is 17.6 Å². The van der Waals surface area contributed by atoms with Gasteiger partial charge in [-0.3, -0.25) is 14.5 Å². The van der Waals surface area contributed by atoms with Crippen molar-refractivity contribution < 1.29 is 9.59 Å². The second-order valence-electron chi connectivity index (χ2n) is 3.92. The van der Waals surface area contributed by atoms with Gasteiger partial charge in [-0.15, -0.1) is 0 Å². The second-order valence-corrected chi connectivity index (χ2v) is 3.92. The van der Waals surface area contributed by atoms with Crippen LogP contribution in [0.25, 0.3) is 0 Å². The third kappa shape index (κ3) is 2.61. The Balaban J connectivity index is 2.10. The fraction of sp³-hybridized carbons (Fsp3) is 0.417. The second kappa shape index (κ2) is 4.95. The van der Waals surface area contributed by atoms with E-state index in [1.807, 2.05) is 25.1 Å². The van der Waals surface area contributed by atoms with E-state index in [2.05, 4.69) is 10.3 Å². The van der Waals surface area contributed by atoms with E-state index in [0.29, 0.717) is 12.8 Å². The van der Waals surface area contributed by atoms with E-state index in [1.54, 1.807) is 0 Å². The molecule has 0 unspecified atom stereocenters. The highest BCUT2D eigenvalue weighted by Gasteiger charge is 2.28. The first-order valence-electron chi connectivity index (χ1n) is 5.73. The Morgan fingerprint density at radius 2 is 2.00 bits per heavy atom. The van der Waals surface area contributed by atoms with Gasteiger partial charge in [0.15, 0.2) is 0 Å². The minimum atomic E-state index is -0.106. The van der Waals surface area contributed by atoms with Crippen molar-refractivity contribution in [1.29, 1.82) is 0 Å². The summed E-state index contributed by atoms with van der Waals surface area (Å²) in [7, 11) is 0. The number of carbonyl (C=O) groups excluding carboxylic acids is 2. The SMILES string of the molecule is CCNc1cccc(CN2C(=O)CCC2=O)n1. The van der Waals surface area contributed by atoms with Crippen LogP contribution in [0.15, 0.2) is 18.2 Å². The minimum absolute atomic E-state index is 0.106. The van der Waals surface area contributed by atoms with Crippen molar-refractivity contribution in [1.82, 2.24) is 9.88 Å². The largest absolute Gasteiger partial charge is 0.370 e. The van der Waals surface area contributed by atoms with Gasteiger partial charge < -0.3 is 5.32 Å². The average molecular weight is 233 g/mol. The van der Waals surface area contributed by atoms with Crippen molar-refractivity contribution in [3.05, 3.63) is 23.9 Å². The highest BCUT2D eigenvalue weighted by atomic mass is 16.2. The van der Waals surface area contributed by atoms with E-state index < -0.39 is 0 Å². The molecule has 1 fully saturated rings. The van der Waals surface area contributed by atoms with Crippen LogP contribution >= 0.6 is 0 Å². The van der Waals surface area contributed by atoms with Crippen molar-refractivity contribution in [3.63, 3.8) is 0 Å². The maximum Gasteiger partial charge on any atom is 0.230 e. The summed E-state index contributed by atoms with van der Waals surface area (Å²) in [5.74, 6) is 0.556. The predicted octanol–water partition coefficient (Wildman–Crippen LogP) is 1.16. The molecule has 5 heteroatoms. The van der Waals surface area contributed by atoms with Gasteiger partial charge in [0.1, 0.15) is 5.82 Å². The molecule has 1 aliphatic heterocycles. The first kappa shape index (κ1) is 11.6. The summed E-state index contributed by atoms with van der Waals surface area (Å²) in [6.45, 7) is 3.05. The van der Waals surface area contributed by atoms with Gasteiger partial charge in [0.05, 0.1) is 12.2 Å². The van der Waals surface area contributed by atoms with Crippen LogP contribution in [0.2, 0.25) is 0 Å². The molecule has 1 aromatic heterocycles. The molecule has 1 N–H and O–H groups in total. The molecule has 0 aromatic carbocycles. The zero-order valence-electron chi connectivity index (χ0n) is 9.77. The molecule has 0 spiro atoms. The molecule has 1 aliphatic rings. The van der Waals surface area contributed by atoms with Crippen LogP contribution in [0, 0.1) is 0 Å². The molecule has 0 radical (unpaired) electrons. The molecule has 0 saturated carbocycles. The Bertz CT molecular complexity index is 429. The van der Waals surface area contributed by atoms with Crippen LogP contribution in [-0.2, 0) is 16.1 Å². The standard InChI is InChI=1S/C12H15N3O2/c1-2-13-10-5-3-4-9(14-10)8-15-11(16)6-7-12(15)17/h3-5H,2,6-8H2,1H3,(H,13,14). The summed E-state index contributed by atoms with van der Waals surface area (Å²) < 4.78 is 0. The molecular weight excluding hydrogens is 218 g/mol. The third-order valence-electron chi connectivity index (χ3n) is 2.64. The molecule has 2 rings (SSSR count). The number of aromatic nitrogens is 1. The number of nitrogens with zero attached hydrogens (tertiary/aromatic N) is 2. The van der Waals surface area contributed by atoms with E-state index in [9.17, 15) is 9.59 Å². The van der Waals surface area contributed by atoms with Crippen LogP contribution in [0.1, 0.15) is 25.5 Å². The Morgan fingerprint density at radius 3 is 2.65 bits per heavy atom. The quantitative estimate of drug-likeness (QED) is 0.793. The number of imide groups is 1. The number of nitrogens with one attached hydrogen (secondary N) is 1. The minimum Gasteiger partial charge on any atom is -0.370 e. The Labute approximate surface area is 99.8 Å². The molecule has 1 saturated heterocycles. The van der Waals surface area contributed by atoms with Gasteiger partial charge in [0.25, 0.3) is 0 Å². The van der Waals surface area contributed by atoms with Crippen molar-refractivity contribution in [2.75, 3.05) is 11.9 Å². The Hall–Kier alpha value is -1.91. The topological polar surface area (TPSA) is 62.3 Å². The molecule has 90 valence electrons. The highest BCUT2D eigenvalue weighted by Crippen LogP contribution is 2.15. The van der Waals surface area contributed by atoms with Crippen LogP contribution in [0.5, 0.6) is 0 Å². The molecule has 17 heavy (non-hydrogen) atoms. The molecule has 0 aliphatic carbocycles. The van der Waals surface area contributed by atoms with Gasteiger partial charge in [0, 0.05) is 19.4 Å². The molecule has 0 bridgehead atoms. The van der Waals surface area contributed by atoms with Crippen molar-refractivity contribution in [2.45, 2.75) is 26.3 Å². The monoisotopic (exact) mass is 233 g/mol. The summed E-state index contributed by atoms with van der Waals surface area (Å²) in [6, 6.07) is 5.55. The van der Waals surface area contributed by atoms with E-state index in [4.69, 9.17) is 0 Å². The van der Waals surface area contributed by atoms with Gasteiger partial charge in [-0.25, -0.2) is 4.98 Å². The van der Waals surface area contributed by atoms with Crippen LogP contribution in [0.4, 0.5) is 5.82 Å². The lowest BCUT2D eigenvalue weighted by atomic mass is 10.3. The van der Waals surface area contributed by atoms with Gasteiger partial charge in [-0.2, -0.15) is 0 Å². The van der Waals surface area contributed by atoms with Gasteiger partial charge in [0.2, 0.25) is 11.8 Å². The summed E-state index contributed by atoms with van der Waals surface area (Å²) in [5, 5.41) is 3.10. The molecule has 2 heterocycles. The Morgan fingerprint density at radius 1 is 1.29 bits per heavy atom. The summed E-state index contributed by atoms with van der Waals surface area (Å²) in [5.41, 5.74) is 0.729. The van der Waals surface area contributed by atoms with Crippen LogP contribution in [0.3, 0.4) is 0 Å². The number of pyridine rings is 1. The maximum absolute atomic E-state index is 11.5. The van der Waals surface area contributed by atoms with Crippen molar-refractivity contribution in [3.8, 4) is 0 Å². The van der Waals surface area contributed by atoms with Gasteiger partial charge in [-0.1, -0.05) is 6.07 Å². The molecule has 0 atom stereocenters. The Kier molecular flexibility index (Phi) is 3.37. The van der Waals surface area contributed by atoms with E-state index >= 15 is 0 Å². The predicted molar refractivity (Wildman–Crippen MR) is 63.2 cm³/mol. The van der Waals surface area contributed by atoms with Crippen LogP contribution < -0.4 is 5.32 Å². The average Bonchev–Trinajstić information content (AvgIpc) is 2.62. The zero-order chi connectivity index (χ0) is 12.3. The molecular formula is C12H15N3O2. The lowest BCUT2D eigenvalue weighted by molar-refractivity contribution is -0.139. The van der Waals surface area contributed by atoms with E-state index in [0.717, 1.165) is 18.1 Å². The summed E-state index contributed by atoms with van der Waals surface area (Å²) in [4.78, 5) is 28.5. The lowest BCUT2D eigenvalue weighted by Gasteiger charge is -2.13. The van der Waals surface area contributed by atoms with Gasteiger partial charge in [-0.05, 0) is 19.1 Å².